The topological polar surface area (TPSA) is 77.8 Å². The Bertz CT molecular complexity index is 334. The number of benzene rings is 1. The van der Waals surface area contributed by atoms with Crippen molar-refractivity contribution in [3.05, 3.63) is 17.7 Å². The van der Waals surface area contributed by atoms with E-state index < -0.39 is 17.2 Å². The monoisotopic (exact) mass is 196 g/mol. The fourth-order valence-corrected chi connectivity index (χ4v) is 1.14. The average Bonchev–Trinajstić information content (AvgIpc) is 2.13. The molecule has 0 heterocycles. The average molecular weight is 196 g/mol. The first kappa shape index (κ1) is 10.4. The van der Waals surface area contributed by atoms with Crippen molar-refractivity contribution >= 4 is 5.78 Å². The third-order valence-corrected chi connectivity index (χ3v) is 1.87. The van der Waals surface area contributed by atoms with Crippen LogP contribution < -0.4 is 0 Å². The quantitative estimate of drug-likeness (QED) is 0.508. The van der Waals surface area contributed by atoms with Crippen molar-refractivity contribution in [1.29, 1.82) is 0 Å². The van der Waals surface area contributed by atoms with Gasteiger partial charge in [0.15, 0.2) is 23.0 Å². The SMILES string of the molecule is CCCC(=O)c1cc(O)c(O)c(O)c1. The van der Waals surface area contributed by atoms with E-state index in [2.05, 4.69) is 0 Å². The summed E-state index contributed by atoms with van der Waals surface area (Å²) in [4.78, 5) is 11.4. The van der Waals surface area contributed by atoms with Gasteiger partial charge in [0, 0.05) is 12.0 Å². The second-order valence-electron chi connectivity index (χ2n) is 3.04. The highest BCUT2D eigenvalue weighted by Gasteiger charge is 2.12. The second-order valence-corrected chi connectivity index (χ2v) is 3.04. The minimum atomic E-state index is -0.599. The number of Topliss-reactive ketones (excluding diaryl/α,β-unsaturated/α-hetero) is 1. The molecule has 4 heteroatoms. The van der Waals surface area contributed by atoms with Crippen molar-refractivity contribution < 1.29 is 20.1 Å². The second kappa shape index (κ2) is 4.00. The third kappa shape index (κ3) is 1.96. The summed E-state index contributed by atoms with van der Waals surface area (Å²) in [6.07, 6.45) is 1.05. The number of carbonyl (C=O) groups excluding carboxylic acids is 1. The number of carbonyl (C=O) groups is 1. The molecule has 3 N–H and O–H groups in total. The molecule has 0 fully saturated rings. The van der Waals surface area contributed by atoms with Crippen molar-refractivity contribution in [2.75, 3.05) is 0 Å². The van der Waals surface area contributed by atoms with E-state index in [4.69, 9.17) is 15.3 Å². The Hall–Kier alpha value is -1.71. The Morgan fingerprint density at radius 3 is 2.14 bits per heavy atom. The van der Waals surface area contributed by atoms with Gasteiger partial charge in [-0.15, -0.1) is 0 Å². The van der Waals surface area contributed by atoms with E-state index in [0.717, 1.165) is 12.1 Å². The van der Waals surface area contributed by atoms with E-state index in [1.54, 1.807) is 0 Å². The van der Waals surface area contributed by atoms with Crippen molar-refractivity contribution in [3.8, 4) is 17.2 Å². The summed E-state index contributed by atoms with van der Waals surface area (Å²) >= 11 is 0. The van der Waals surface area contributed by atoms with E-state index in [-0.39, 0.29) is 11.3 Å². The standard InChI is InChI=1S/C10H12O4/c1-2-3-7(11)6-4-8(12)10(14)9(13)5-6/h4-5,12-14H,2-3H2,1H3. The molecular formula is C10H12O4. The molecule has 0 spiro atoms. The van der Waals surface area contributed by atoms with Gasteiger partial charge < -0.3 is 15.3 Å². The van der Waals surface area contributed by atoms with Crippen molar-refractivity contribution in [2.24, 2.45) is 0 Å². The zero-order chi connectivity index (χ0) is 10.7. The molecule has 0 aromatic heterocycles. The van der Waals surface area contributed by atoms with Crippen LogP contribution in [0.5, 0.6) is 17.2 Å². The zero-order valence-electron chi connectivity index (χ0n) is 7.82. The summed E-state index contributed by atoms with van der Waals surface area (Å²) < 4.78 is 0. The first-order valence-electron chi connectivity index (χ1n) is 4.34. The van der Waals surface area contributed by atoms with Gasteiger partial charge in [-0.05, 0) is 18.6 Å². The molecule has 14 heavy (non-hydrogen) atoms. The van der Waals surface area contributed by atoms with Crippen molar-refractivity contribution in [3.63, 3.8) is 0 Å². The molecule has 0 bridgehead atoms. The Kier molecular flexibility index (Phi) is 2.96. The molecule has 0 saturated carbocycles. The lowest BCUT2D eigenvalue weighted by atomic mass is 10.1. The van der Waals surface area contributed by atoms with Crippen LogP contribution >= 0.6 is 0 Å². The van der Waals surface area contributed by atoms with E-state index in [1.165, 1.54) is 0 Å². The van der Waals surface area contributed by atoms with Crippen LogP contribution in [-0.2, 0) is 0 Å². The van der Waals surface area contributed by atoms with Crippen LogP contribution in [0.3, 0.4) is 0 Å². The van der Waals surface area contributed by atoms with Gasteiger partial charge in [-0.1, -0.05) is 6.92 Å². The summed E-state index contributed by atoms with van der Waals surface area (Å²) in [5.41, 5.74) is 0.208. The van der Waals surface area contributed by atoms with Gasteiger partial charge in [-0.2, -0.15) is 0 Å². The first-order chi connectivity index (χ1) is 6.56. The van der Waals surface area contributed by atoms with Crippen LogP contribution in [0.1, 0.15) is 30.1 Å². The third-order valence-electron chi connectivity index (χ3n) is 1.87. The maximum Gasteiger partial charge on any atom is 0.200 e. The first-order valence-corrected chi connectivity index (χ1v) is 4.34. The highest BCUT2D eigenvalue weighted by Crippen LogP contribution is 2.35. The Morgan fingerprint density at radius 1 is 1.21 bits per heavy atom. The Balaban J connectivity index is 3.06. The summed E-state index contributed by atoms with van der Waals surface area (Å²) in [5.74, 6) is -1.73. The van der Waals surface area contributed by atoms with Crippen LogP contribution in [0.4, 0.5) is 0 Å². The Labute approximate surface area is 81.4 Å². The molecule has 0 atom stereocenters. The van der Waals surface area contributed by atoms with Gasteiger partial charge in [-0.25, -0.2) is 0 Å². The summed E-state index contributed by atoms with van der Waals surface area (Å²) in [5, 5.41) is 27.3. The number of phenolic OH excluding ortho intramolecular Hbond substituents is 3. The van der Waals surface area contributed by atoms with E-state index >= 15 is 0 Å². The molecule has 4 nitrogen and oxygen atoms in total. The van der Waals surface area contributed by atoms with Crippen LogP contribution in [0.2, 0.25) is 0 Å². The minimum Gasteiger partial charge on any atom is -0.504 e. The molecule has 0 amide bonds. The van der Waals surface area contributed by atoms with E-state index in [1.807, 2.05) is 6.92 Å². The summed E-state index contributed by atoms with van der Waals surface area (Å²) in [6.45, 7) is 1.86. The van der Waals surface area contributed by atoms with Gasteiger partial charge in [-0.3, -0.25) is 4.79 Å². The van der Waals surface area contributed by atoms with Crippen molar-refractivity contribution in [1.82, 2.24) is 0 Å². The van der Waals surface area contributed by atoms with Crippen LogP contribution in [0.15, 0.2) is 12.1 Å². The molecule has 0 radical (unpaired) electrons. The van der Waals surface area contributed by atoms with Gasteiger partial charge in [0.25, 0.3) is 0 Å². The molecular weight excluding hydrogens is 184 g/mol. The van der Waals surface area contributed by atoms with Gasteiger partial charge in [0.05, 0.1) is 0 Å². The minimum absolute atomic E-state index is 0.168. The van der Waals surface area contributed by atoms with Crippen LogP contribution in [-0.4, -0.2) is 21.1 Å². The van der Waals surface area contributed by atoms with Gasteiger partial charge in [0.2, 0.25) is 0 Å². The van der Waals surface area contributed by atoms with E-state index in [0.29, 0.717) is 12.8 Å². The lowest BCUT2D eigenvalue weighted by Gasteiger charge is -2.04. The molecule has 1 rings (SSSR count). The molecule has 1 aromatic carbocycles. The molecule has 0 aliphatic carbocycles. The number of hydrogen-bond donors (Lipinski definition) is 3. The number of ketones is 1. The predicted octanol–water partition coefficient (Wildman–Crippen LogP) is 1.79. The highest BCUT2D eigenvalue weighted by molar-refractivity contribution is 5.97. The maximum atomic E-state index is 11.4. The van der Waals surface area contributed by atoms with Crippen LogP contribution in [0, 0.1) is 0 Å². The predicted molar refractivity (Wildman–Crippen MR) is 50.7 cm³/mol. The fraction of sp³-hybridized carbons (Fsp3) is 0.300. The van der Waals surface area contributed by atoms with E-state index in [9.17, 15) is 4.79 Å². The summed E-state index contributed by atoms with van der Waals surface area (Å²) in [7, 11) is 0. The lowest BCUT2D eigenvalue weighted by molar-refractivity contribution is 0.0981. The number of aromatic hydroxyl groups is 3. The molecule has 0 saturated heterocycles. The smallest absolute Gasteiger partial charge is 0.200 e. The maximum absolute atomic E-state index is 11.4. The largest absolute Gasteiger partial charge is 0.504 e. The molecule has 0 aliphatic rings. The summed E-state index contributed by atoms with van der Waals surface area (Å²) in [6, 6.07) is 2.29. The number of phenols is 3. The van der Waals surface area contributed by atoms with Crippen LogP contribution in [0.25, 0.3) is 0 Å². The fourth-order valence-electron chi connectivity index (χ4n) is 1.14. The lowest BCUT2D eigenvalue weighted by Crippen LogP contribution is -1.97. The zero-order valence-corrected chi connectivity index (χ0v) is 7.82. The number of rotatable bonds is 3. The highest BCUT2D eigenvalue weighted by atomic mass is 16.3. The molecule has 0 unspecified atom stereocenters. The van der Waals surface area contributed by atoms with Gasteiger partial charge >= 0.3 is 0 Å². The normalized spacial score (nSPS) is 10.1. The van der Waals surface area contributed by atoms with Crippen molar-refractivity contribution in [2.45, 2.75) is 19.8 Å². The van der Waals surface area contributed by atoms with Gasteiger partial charge in [0.1, 0.15) is 0 Å². The molecule has 76 valence electrons. The Morgan fingerprint density at radius 2 is 1.71 bits per heavy atom. The molecule has 1 aromatic rings. The number of hydrogen-bond acceptors (Lipinski definition) is 4. The molecule has 0 aliphatic heterocycles.